The van der Waals surface area contributed by atoms with Crippen LogP contribution in [0.1, 0.15) is 41.2 Å². The second-order valence-corrected chi connectivity index (χ2v) is 7.45. The highest BCUT2D eigenvalue weighted by Gasteiger charge is 2.22. The number of carbonyl (C=O) groups excluding carboxylic acids is 1. The van der Waals surface area contributed by atoms with Crippen LogP contribution in [0.2, 0.25) is 5.15 Å². The quantitative estimate of drug-likeness (QED) is 0.805. The molecule has 0 atom stereocenters. The van der Waals surface area contributed by atoms with Crippen LogP contribution < -0.4 is 10.5 Å². The Labute approximate surface area is 144 Å². The molecule has 1 amide bonds. The molecule has 0 bridgehead atoms. The van der Waals surface area contributed by atoms with Gasteiger partial charge in [0.05, 0.1) is 5.56 Å². The zero-order chi connectivity index (χ0) is 17.3. The molecular formula is C15H15ClN4O3S. The summed E-state index contributed by atoms with van der Waals surface area (Å²) in [6.45, 7) is 0. The Morgan fingerprint density at radius 2 is 2.04 bits per heavy atom. The summed E-state index contributed by atoms with van der Waals surface area (Å²) in [7, 11) is -3.95. The van der Waals surface area contributed by atoms with Crippen LogP contribution in [-0.4, -0.2) is 24.3 Å². The number of hydrogen-bond donors (Lipinski definition) is 2. The minimum atomic E-state index is -3.95. The summed E-state index contributed by atoms with van der Waals surface area (Å²) in [5, 5.41) is 7.38. The minimum Gasteiger partial charge on any atom is -0.322 e. The van der Waals surface area contributed by atoms with Crippen LogP contribution in [0.15, 0.2) is 35.5 Å². The Kier molecular flexibility index (Phi) is 4.53. The Morgan fingerprint density at radius 3 is 2.62 bits per heavy atom. The van der Waals surface area contributed by atoms with Gasteiger partial charge >= 0.3 is 0 Å². The number of halogens is 1. The van der Waals surface area contributed by atoms with Crippen molar-refractivity contribution in [2.75, 3.05) is 5.32 Å². The first-order valence-electron chi connectivity index (χ1n) is 7.31. The molecule has 1 aliphatic rings. The van der Waals surface area contributed by atoms with Crippen molar-refractivity contribution in [1.29, 1.82) is 0 Å². The molecule has 126 valence electrons. The van der Waals surface area contributed by atoms with Crippen LogP contribution in [0.25, 0.3) is 0 Å². The average molecular weight is 367 g/mol. The summed E-state index contributed by atoms with van der Waals surface area (Å²) in [6.07, 6.45) is 4.60. The first-order chi connectivity index (χ1) is 11.3. The van der Waals surface area contributed by atoms with Gasteiger partial charge in [0.1, 0.15) is 5.15 Å². The molecule has 9 heteroatoms. The van der Waals surface area contributed by atoms with Gasteiger partial charge in [-0.05, 0) is 31.0 Å². The first kappa shape index (κ1) is 16.8. The molecule has 24 heavy (non-hydrogen) atoms. The summed E-state index contributed by atoms with van der Waals surface area (Å²) in [5.41, 5.74) is 1.36. The van der Waals surface area contributed by atoms with Crippen molar-refractivity contribution in [1.82, 2.24) is 9.97 Å². The van der Waals surface area contributed by atoms with Crippen LogP contribution in [0, 0.1) is 0 Å². The van der Waals surface area contributed by atoms with E-state index >= 15 is 0 Å². The van der Waals surface area contributed by atoms with E-state index < -0.39 is 15.9 Å². The number of rotatable bonds is 4. The molecule has 2 aromatic heterocycles. The van der Waals surface area contributed by atoms with Gasteiger partial charge in [0, 0.05) is 29.6 Å². The van der Waals surface area contributed by atoms with Gasteiger partial charge in [-0.2, -0.15) is 0 Å². The lowest BCUT2D eigenvalue weighted by molar-refractivity contribution is 0.102. The lowest BCUT2D eigenvalue weighted by Crippen LogP contribution is -2.17. The highest BCUT2D eigenvalue weighted by Crippen LogP contribution is 2.36. The third-order valence-electron chi connectivity index (χ3n) is 3.92. The third kappa shape index (κ3) is 3.55. The standard InChI is InChI=1S/C15H15ClN4O3S/c16-14-11(4-5-12(20-14)9-2-1-3-9)15(21)19-10-6-7-18-13(8-10)24(17,22)23/h4-9H,1-3H2,(H2,17,22,23)(H,18,19,21). The molecule has 1 saturated carbocycles. The van der Waals surface area contributed by atoms with Crippen molar-refractivity contribution in [3.8, 4) is 0 Å². The number of sulfonamides is 1. The predicted molar refractivity (Wildman–Crippen MR) is 89.4 cm³/mol. The van der Waals surface area contributed by atoms with Gasteiger partial charge in [-0.15, -0.1) is 0 Å². The van der Waals surface area contributed by atoms with Crippen LogP contribution in [0.3, 0.4) is 0 Å². The monoisotopic (exact) mass is 366 g/mol. The Hall–Kier alpha value is -2.03. The molecule has 1 fully saturated rings. The number of carbonyl (C=O) groups is 1. The zero-order valence-electron chi connectivity index (χ0n) is 12.6. The number of hydrogen-bond acceptors (Lipinski definition) is 5. The molecular weight excluding hydrogens is 352 g/mol. The number of amides is 1. The molecule has 1 aliphatic carbocycles. The number of nitrogens with zero attached hydrogens (tertiary/aromatic N) is 2. The SMILES string of the molecule is NS(=O)(=O)c1cc(NC(=O)c2ccc(C3CCC3)nc2Cl)ccn1. The first-order valence-corrected chi connectivity index (χ1v) is 9.23. The Morgan fingerprint density at radius 1 is 1.29 bits per heavy atom. The number of primary sulfonamides is 1. The molecule has 0 aromatic carbocycles. The van der Waals surface area contributed by atoms with Crippen molar-refractivity contribution >= 4 is 33.2 Å². The summed E-state index contributed by atoms with van der Waals surface area (Å²) in [6, 6.07) is 6.06. The van der Waals surface area contributed by atoms with E-state index in [2.05, 4.69) is 15.3 Å². The van der Waals surface area contributed by atoms with E-state index in [9.17, 15) is 13.2 Å². The normalized spacial score (nSPS) is 14.9. The fourth-order valence-corrected chi connectivity index (χ4v) is 3.14. The summed E-state index contributed by atoms with van der Waals surface area (Å²) in [4.78, 5) is 20.3. The van der Waals surface area contributed by atoms with Crippen molar-refractivity contribution in [3.63, 3.8) is 0 Å². The lowest BCUT2D eigenvalue weighted by Gasteiger charge is -2.24. The number of aromatic nitrogens is 2. The van der Waals surface area contributed by atoms with Crippen molar-refractivity contribution < 1.29 is 13.2 Å². The van der Waals surface area contributed by atoms with Gasteiger partial charge in [-0.25, -0.2) is 23.5 Å². The fraction of sp³-hybridized carbons (Fsp3) is 0.267. The van der Waals surface area contributed by atoms with Crippen LogP contribution in [-0.2, 0) is 10.0 Å². The second kappa shape index (κ2) is 6.46. The summed E-state index contributed by atoms with van der Waals surface area (Å²) < 4.78 is 22.6. The molecule has 2 heterocycles. The summed E-state index contributed by atoms with van der Waals surface area (Å²) in [5.74, 6) is -0.0728. The van der Waals surface area contributed by atoms with Gasteiger partial charge in [0.15, 0.2) is 5.03 Å². The fourth-order valence-electron chi connectivity index (χ4n) is 2.39. The van der Waals surface area contributed by atoms with Gasteiger partial charge in [-0.3, -0.25) is 4.79 Å². The highest BCUT2D eigenvalue weighted by atomic mass is 35.5. The minimum absolute atomic E-state index is 0.123. The van der Waals surface area contributed by atoms with Gasteiger partial charge in [-0.1, -0.05) is 18.0 Å². The Bertz CT molecular complexity index is 897. The van der Waals surface area contributed by atoms with E-state index in [1.807, 2.05) is 0 Å². The maximum atomic E-state index is 12.3. The smallest absolute Gasteiger partial charge is 0.258 e. The van der Waals surface area contributed by atoms with Crippen molar-refractivity contribution in [2.24, 2.45) is 5.14 Å². The molecule has 0 unspecified atom stereocenters. The maximum absolute atomic E-state index is 12.3. The van der Waals surface area contributed by atoms with E-state index in [1.165, 1.54) is 24.8 Å². The molecule has 0 saturated heterocycles. The van der Waals surface area contributed by atoms with E-state index in [0.717, 1.165) is 18.5 Å². The van der Waals surface area contributed by atoms with Crippen molar-refractivity contribution in [2.45, 2.75) is 30.2 Å². The number of nitrogens with one attached hydrogen (secondary N) is 1. The van der Waals surface area contributed by atoms with Crippen molar-refractivity contribution in [3.05, 3.63) is 46.9 Å². The average Bonchev–Trinajstić information content (AvgIpc) is 2.45. The Balaban J connectivity index is 1.80. The molecule has 0 spiro atoms. The lowest BCUT2D eigenvalue weighted by atomic mass is 9.82. The topological polar surface area (TPSA) is 115 Å². The van der Waals surface area contributed by atoms with Gasteiger partial charge in [0.25, 0.3) is 15.9 Å². The molecule has 7 nitrogen and oxygen atoms in total. The zero-order valence-corrected chi connectivity index (χ0v) is 14.1. The number of pyridine rings is 2. The molecule has 0 radical (unpaired) electrons. The van der Waals surface area contributed by atoms with Crippen LogP contribution >= 0.6 is 11.6 Å². The number of anilines is 1. The third-order valence-corrected chi connectivity index (χ3v) is 5.02. The van der Waals surface area contributed by atoms with Crippen LogP contribution in [0.4, 0.5) is 5.69 Å². The predicted octanol–water partition coefficient (Wildman–Crippen LogP) is 2.30. The van der Waals surface area contributed by atoms with E-state index in [4.69, 9.17) is 16.7 Å². The second-order valence-electron chi connectivity index (χ2n) is 5.58. The largest absolute Gasteiger partial charge is 0.322 e. The van der Waals surface area contributed by atoms with E-state index in [-0.39, 0.29) is 21.4 Å². The van der Waals surface area contributed by atoms with Gasteiger partial charge < -0.3 is 5.32 Å². The molecule has 2 aromatic rings. The molecule has 0 aliphatic heterocycles. The van der Waals surface area contributed by atoms with E-state index in [0.29, 0.717) is 5.92 Å². The highest BCUT2D eigenvalue weighted by molar-refractivity contribution is 7.89. The molecule has 3 N–H and O–H groups in total. The van der Waals surface area contributed by atoms with E-state index in [1.54, 1.807) is 12.1 Å². The van der Waals surface area contributed by atoms with Crippen LogP contribution in [0.5, 0.6) is 0 Å². The maximum Gasteiger partial charge on any atom is 0.258 e. The molecule has 3 rings (SSSR count). The van der Waals surface area contributed by atoms with Gasteiger partial charge in [0.2, 0.25) is 0 Å². The number of nitrogens with two attached hydrogens (primary N) is 1. The summed E-state index contributed by atoms with van der Waals surface area (Å²) >= 11 is 6.12.